The molecule has 2 N–H and O–H groups in total. The fourth-order valence-electron chi connectivity index (χ4n) is 2.12. The highest BCUT2D eigenvalue weighted by Crippen LogP contribution is 2.44. The first-order chi connectivity index (χ1) is 9.69. The van der Waals surface area contributed by atoms with E-state index >= 15 is 0 Å². The second kappa shape index (κ2) is 5.40. The number of rotatable bonds is 4. The molecule has 0 aliphatic heterocycles. The molecule has 0 amide bonds. The SMILES string of the molecule is CCNc1nc(-c2ccc(O)cc2)nc(C2CC2)c1Br. The third-order valence-electron chi connectivity index (χ3n) is 3.31. The molecule has 0 saturated heterocycles. The molecule has 0 atom stereocenters. The third-order valence-corrected chi connectivity index (χ3v) is 4.09. The van der Waals surface area contributed by atoms with Gasteiger partial charge >= 0.3 is 0 Å². The quantitative estimate of drug-likeness (QED) is 0.890. The van der Waals surface area contributed by atoms with E-state index in [9.17, 15) is 5.11 Å². The van der Waals surface area contributed by atoms with Gasteiger partial charge in [0.15, 0.2) is 5.82 Å². The number of aromatic hydroxyl groups is 1. The van der Waals surface area contributed by atoms with Gasteiger partial charge in [-0.25, -0.2) is 9.97 Å². The van der Waals surface area contributed by atoms with E-state index in [2.05, 4.69) is 26.2 Å². The lowest BCUT2D eigenvalue weighted by Crippen LogP contribution is -2.05. The predicted molar refractivity (Wildman–Crippen MR) is 83.0 cm³/mol. The van der Waals surface area contributed by atoms with Gasteiger partial charge in [0.25, 0.3) is 0 Å². The van der Waals surface area contributed by atoms with E-state index in [-0.39, 0.29) is 5.75 Å². The number of phenolic OH excluding ortho intramolecular Hbond substituents is 1. The average molecular weight is 334 g/mol. The van der Waals surface area contributed by atoms with E-state index in [0.29, 0.717) is 11.7 Å². The first kappa shape index (κ1) is 13.4. The van der Waals surface area contributed by atoms with Crippen LogP contribution in [0.2, 0.25) is 0 Å². The lowest BCUT2D eigenvalue weighted by molar-refractivity contribution is 0.475. The molecular formula is C15H16BrN3O. The zero-order valence-electron chi connectivity index (χ0n) is 11.2. The number of aromatic nitrogens is 2. The largest absolute Gasteiger partial charge is 0.508 e. The van der Waals surface area contributed by atoms with Gasteiger partial charge in [0.2, 0.25) is 0 Å². The molecule has 104 valence electrons. The van der Waals surface area contributed by atoms with Crippen LogP contribution in [0.4, 0.5) is 5.82 Å². The Hall–Kier alpha value is -1.62. The molecule has 1 heterocycles. The van der Waals surface area contributed by atoms with Gasteiger partial charge in [-0.3, -0.25) is 0 Å². The van der Waals surface area contributed by atoms with E-state index in [0.717, 1.165) is 28.1 Å². The summed E-state index contributed by atoms with van der Waals surface area (Å²) in [5.74, 6) is 2.33. The summed E-state index contributed by atoms with van der Waals surface area (Å²) in [5, 5.41) is 12.7. The molecule has 2 aromatic rings. The predicted octanol–water partition coefficient (Wildman–Crippen LogP) is 3.92. The molecule has 1 aromatic heterocycles. The molecule has 1 saturated carbocycles. The summed E-state index contributed by atoms with van der Waals surface area (Å²) in [7, 11) is 0. The van der Waals surface area contributed by atoms with Crippen molar-refractivity contribution in [3.63, 3.8) is 0 Å². The van der Waals surface area contributed by atoms with Crippen LogP contribution in [-0.2, 0) is 0 Å². The van der Waals surface area contributed by atoms with Crippen LogP contribution in [0, 0.1) is 0 Å². The molecule has 0 bridgehead atoms. The lowest BCUT2D eigenvalue weighted by atomic mass is 10.2. The van der Waals surface area contributed by atoms with Crippen LogP contribution in [0.15, 0.2) is 28.7 Å². The first-order valence-electron chi connectivity index (χ1n) is 6.79. The Kier molecular flexibility index (Phi) is 3.61. The summed E-state index contributed by atoms with van der Waals surface area (Å²) in [6.45, 7) is 2.86. The molecule has 1 fully saturated rings. The Bertz CT molecular complexity index is 624. The number of phenols is 1. The van der Waals surface area contributed by atoms with E-state index in [1.807, 2.05) is 19.1 Å². The zero-order valence-corrected chi connectivity index (χ0v) is 12.8. The molecule has 5 heteroatoms. The molecule has 1 aliphatic rings. The van der Waals surface area contributed by atoms with Gasteiger partial charge in [-0.15, -0.1) is 0 Å². The summed E-state index contributed by atoms with van der Waals surface area (Å²) < 4.78 is 0.976. The fraction of sp³-hybridized carbons (Fsp3) is 0.333. The van der Waals surface area contributed by atoms with Crippen molar-refractivity contribution in [2.45, 2.75) is 25.7 Å². The summed E-state index contributed by atoms with van der Waals surface area (Å²) in [6, 6.07) is 6.99. The van der Waals surface area contributed by atoms with Gasteiger partial charge in [0.1, 0.15) is 11.6 Å². The zero-order chi connectivity index (χ0) is 14.1. The summed E-state index contributed by atoms with van der Waals surface area (Å²) >= 11 is 3.61. The molecule has 0 radical (unpaired) electrons. The molecule has 1 aromatic carbocycles. The van der Waals surface area contributed by atoms with Crippen molar-refractivity contribution < 1.29 is 5.11 Å². The number of nitrogens with one attached hydrogen (secondary N) is 1. The topological polar surface area (TPSA) is 58.0 Å². The van der Waals surface area contributed by atoms with E-state index < -0.39 is 0 Å². The number of hydrogen-bond acceptors (Lipinski definition) is 4. The van der Waals surface area contributed by atoms with Gasteiger partial charge in [-0.05, 0) is 60.0 Å². The average Bonchev–Trinajstić information content (AvgIpc) is 3.27. The van der Waals surface area contributed by atoms with Crippen molar-refractivity contribution in [2.75, 3.05) is 11.9 Å². The minimum atomic E-state index is 0.250. The van der Waals surface area contributed by atoms with Crippen LogP contribution in [0.25, 0.3) is 11.4 Å². The highest BCUT2D eigenvalue weighted by molar-refractivity contribution is 9.10. The number of anilines is 1. The Labute approximate surface area is 126 Å². The van der Waals surface area contributed by atoms with Crippen molar-refractivity contribution >= 4 is 21.7 Å². The number of halogens is 1. The molecule has 0 spiro atoms. The van der Waals surface area contributed by atoms with Crippen molar-refractivity contribution in [1.29, 1.82) is 0 Å². The molecule has 4 nitrogen and oxygen atoms in total. The van der Waals surface area contributed by atoms with Crippen molar-refractivity contribution in [3.05, 3.63) is 34.4 Å². The van der Waals surface area contributed by atoms with Crippen LogP contribution in [0.3, 0.4) is 0 Å². The Morgan fingerprint density at radius 2 is 1.95 bits per heavy atom. The normalized spacial score (nSPS) is 14.3. The number of hydrogen-bond donors (Lipinski definition) is 2. The van der Waals surface area contributed by atoms with Crippen molar-refractivity contribution in [1.82, 2.24) is 9.97 Å². The van der Waals surface area contributed by atoms with Gasteiger partial charge < -0.3 is 10.4 Å². The Morgan fingerprint density at radius 3 is 2.55 bits per heavy atom. The van der Waals surface area contributed by atoms with E-state index in [4.69, 9.17) is 4.98 Å². The van der Waals surface area contributed by atoms with Gasteiger partial charge in [-0.2, -0.15) is 0 Å². The lowest BCUT2D eigenvalue weighted by Gasteiger charge is -2.12. The molecule has 20 heavy (non-hydrogen) atoms. The minimum Gasteiger partial charge on any atom is -0.508 e. The summed E-state index contributed by atoms with van der Waals surface area (Å²) in [4.78, 5) is 9.28. The van der Waals surface area contributed by atoms with Crippen LogP contribution in [-0.4, -0.2) is 21.6 Å². The van der Waals surface area contributed by atoms with Crippen molar-refractivity contribution in [3.8, 4) is 17.1 Å². The monoisotopic (exact) mass is 333 g/mol. The van der Waals surface area contributed by atoms with Crippen LogP contribution in [0.1, 0.15) is 31.4 Å². The fourth-order valence-corrected chi connectivity index (χ4v) is 2.76. The maximum absolute atomic E-state index is 9.38. The van der Waals surface area contributed by atoms with Gasteiger partial charge in [0, 0.05) is 18.0 Å². The van der Waals surface area contributed by atoms with Crippen LogP contribution >= 0.6 is 15.9 Å². The smallest absolute Gasteiger partial charge is 0.161 e. The molecule has 0 unspecified atom stereocenters. The highest BCUT2D eigenvalue weighted by atomic mass is 79.9. The second-order valence-corrected chi connectivity index (χ2v) is 5.74. The molecular weight excluding hydrogens is 318 g/mol. The molecule has 3 rings (SSSR count). The van der Waals surface area contributed by atoms with Crippen LogP contribution in [0.5, 0.6) is 5.75 Å². The first-order valence-corrected chi connectivity index (χ1v) is 7.59. The van der Waals surface area contributed by atoms with E-state index in [1.54, 1.807) is 12.1 Å². The maximum Gasteiger partial charge on any atom is 0.161 e. The Morgan fingerprint density at radius 1 is 1.25 bits per heavy atom. The number of benzene rings is 1. The van der Waals surface area contributed by atoms with Crippen molar-refractivity contribution in [2.24, 2.45) is 0 Å². The second-order valence-electron chi connectivity index (χ2n) is 4.95. The molecule has 1 aliphatic carbocycles. The minimum absolute atomic E-state index is 0.250. The highest BCUT2D eigenvalue weighted by Gasteiger charge is 2.29. The third kappa shape index (κ3) is 2.63. The van der Waals surface area contributed by atoms with Gasteiger partial charge in [0.05, 0.1) is 10.2 Å². The van der Waals surface area contributed by atoms with Crippen LogP contribution < -0.4 is 5.32 Å². The van der Waals surface area contributed by atoms with Gasteiger partial charge in [-0.1, -0.05) is 0 Å². The maximum atomic E-state index is 9.38. The standard InChI is InChI=1S/C15H16BrN3O/c1-2-17-15-12(16)13(9-3-4-9)18-14(19-15)10-5-7-11(20)8-6-10/h5-9,20H,2-4H2,1H3,(H,17,18,19). The summed E-state index contributed by atoms with van der Waals surface area (Å²) in [6.07, 6.45) is 2.38. The van der Waals surface area contributed by atoms with E-state index in [1.165, 1.54) is 12.8 Å². The number of nitrogens with zero attached hydrogens (tertiary/aromatic N) is 2. The Balaban J connectivity index is 2.07. The summed E-state index contributed by atoms with van der Waals surface area (Å²) in [5.41, 5.74) is 2.00.